The summed E-state index contributed by atoms with van der Waals surface area (Å²) in [4.78, 5) is 11.9. The van der Waals surface area contributed by atoms with Crippen molar-refractivity contribution in [3.63, 3.8) is 0 Å². The van der Waals surface area contributed by atoms with Crippen molar-refractivity contribution in [3.05, 3.63) is 65.4 Å². The zero-order valence-electron chi connectivity index (χ0n) is 14.1. The van der Waals surface area contributed by atoms with E-state index in [1.165, 1.54) is 0 Å². The van der Waals surface area contributed by atoms with Crippen molar-refractivity contribution in [3.8, 4) is 5.88 Å². The topological polar surface area (TPSA) is 47.4 Å². The Morgan fingerprint density at radius 1 is 0.893 bits per heavy atom. The molecule has 146 valence electrons. The fraction of sp³-hybridized carbons (Fsp3) is 0.167. The van der Waals surface area contributed by atoms with E-state index in [2.05, 4.69) is 15.1 Å². The van der Waals surface area contributed by atoms with Gasteiger partial charge in [-0.05, 0) is 24.6 Å². The Morgan fingerprint density at radius 3 is 2.18 bits per heavy atom. The molecule has 0 aliphatic carbocycles. The second-order valence-corrected chi connectivity index (χ2v) is 5.71. The van der Waals surface area contributed by atoms with Gasteiger partial charge in [-0.25, -0.2) is 4.98 Å². The van der Waals surface area contributed by atoms with E-state index >= 15 is 0 Å². The predicted molar refractivity (Wildman–Crippen MR) is 88.8 cm³/mol. The maximum atomic E-state index is 13.2. The lowest BCUT2D eigenvalue weighted by molar-refractivity contribution is -0.144. The van der Waals surface area contributed by atoms with Gasteiger partial charge in [0.25, 0.3) is 5.88 Å². The van der Waals surface area contributed by atoms with Crippen molar-refractivity contribution < 1.29 is 31.2 Å². The first-order chi connectivity index (χ1) is 13.1. The molecule has 10 heteroatoms. The largest absolute Gasteiger partial charge is 0.433 e. The molecule has 0 aliphatic heterocycles. The van der Waals surface area contributed by atoms with Crippen LogP contribution in [0.25, 0.3) is 11.0 Å². The summed E-state index contributed by atoms with van der Waals surface area (Å²) in [5, 5.41) is 3.22. The van der Waals surface area contributed by atoms with Gasteiger partial charge >= 0.3 is 12.4 Å². The summed E-state index contributed by atoms with van der Waals surface area (Å²) in [7, 11) is 0. The Hall–Kier alpha value is -3.17. The fourth-order valence-corrected chi connectivity index (χ4v) is 2.37. The second-order valence-electron chi connectivity index (χ2n) is 5.71. The van der Waals surface area contributed by atoms with Gasteiger partial charge in [-0.15, -0.1) is 0 Å². The molecular weight excluding hydrogens is 388 g/mol. The van der Waals surface area contributed by atoms with E-state index in [4.69, 9.17) is 4.84 Å². The molecule has 0 unspecified atom stereocenters. The number of nitrogens with zero attached hydrogens (tertiary/aromatic N) is 3. The molecule has 28 heavy (non-hydrogen) atoms. The van der Waals surface area contributed by atoms with Crippen molar-refractivity contribution >= 4 is 16.7 Å². The van der Waals surface area contributed by atoms with Crippen LogP contribution in [0.3, 0.4) is 0 Å². The Labute approximate surface area is 154 Å². The standard InChI is InChI=1S/C18H11F6N3O/c1-10(11-5-3-2-4-6-11)27-28-15-8-7-12-13(17(19,20)21)9-14(18(22,23)24)25-16(12)26-15/h2-9H,1H3/b27-10+. The first kappa shape index (κ1) is 19.6. The number of hydrogen-bond donors (Lipinski definition) is 0. The summed E-state index contributed by atoms with van der Waals surface area (Å²) in [6.07, 6.45) is -10.1. The monoisotopic (exact) mass is 399 g/mol. The lowest BCUT2D eigenvalue weighted by Gasteiger charge is -2.13. The van der Waals surface area contributed by atoms with E-state index in [0.29, 0.717) is 5.71 Å². The molecule has 0 bridgehead atoms. The van der Waals surface area contributed by atoms with E-state index in [0.717, 1.165) is 17.7 Å². The van der Waals surface area contributed by atoms with Gasteiger partial charge in [-0.3, -0.25) is 0 Å². The number of pyridine rings is 2. The molecule has 0 fully saturated rings. The highest BCUT2D eigenvalue weighted by molar-refractivity contribution is 5.98. The van der Waals surface area contributed by atoms with E-state index in [1.807, 2.05) is 0 Å². The molecule has 4 nitrogen and oxygen atoms in total. The summed E-state index contributed by atoms with van der Waals surface area (Å²) < 4.78 is 78.2. The average Bonchev–Trinajstić information content (AvgIpc) is 2.64. The lowest BCUT2D eigenvalue weighted by atomic mass is 10.1. The quantitative estimate of drug-likeness (QED) is 0.333. The lowest BCUT2D eigenvalue weighted by Crippen LogP contribution is -2.14. The summed E-state index contributed by atoms with van der Waals surface area (Å²) in [6, 6.07) is 10.8. The SMILES string of the molecule is C/C(=N\Oc1ccc2c(C(F)(F)F)cc(C(F)(F)F)nc2n1)c1ccccc1. The van der Waals surface area contributed by atoms with Crippen molar-refractivity contribution in [2.75, 3.05) is 0 Å². The first-order valence-corrected chi connectivity index (χ1v) is 7.79. The van der Waals surface area contributed by atoms with Gasteiger partial charge in [-0.1, -0.05) is 35.5 Å². The minimum absolute atomic E-state index is 0.0394. The molecule has 0 N–H and O–H groups in total. The molecule has 0 saturated heterocycles. The fourth-order valence-electron chi connectivity index (χ4n) is 2.37. The van der Waals surface area contributed by atoms with E-state index in [-0.39, 0.29) is 11.9 Å². The van der Waals surface area contributed by atoms with E-state index in [9.17, 15) is 26.3 Å². The van der Waals surface area contributed by atoms with Gasteiger partial charge in [0.1, 0.15) is 5.69 Å². The van der Waals surface area contributed by atoms with E-state index in [1.54, 1.807) is 37.3 Å². The van der Waals surface area contributed by atoms with Crippen LogP contribution >= 0.6 is 0 Å². The number of rotatable bonds is 3. The Balaban J connectivity index is 2.03. The van der Waals surface area contributed by atoms with Gasteiger partial charge in [-0.2, -0.15) is 31.3 Å². The molecule has 1 aromatic carbocycles. The van der Waals surface area contributed by atoms with Crippen LogP contribution in [0.15, 0.2) is 53.7 Å². The number of halogens is 6. The van der Waals surface area contributed by atoms with Gasteiger partial charge in [0, 0.05) is 11.5 Å². The normalized spacial score (nSPS) is 13.0. The third kappa shape index (κ3) is 4.21. The van der Waals surface area contributed by atoms with Gasteiger partial charge in [0.2, 0.25) is 0 Å². The molecule has 0 aliphatic rings. The highest BCUT2D eigenvalue weighted by Gasteiger charge is 2.39. The smallest absolute Gasteiger partial charge is 0.336 e. The number of oxime groups is 1. The minimum atomic E-state index is -5.06. The van der Waals surface area contributed by atoms with Crippen molar-refractivity contribution in [1.82, 2.24) is 9.97 Å². The maximum Gasteiger partial charge on any atom is 0.433 e. The summed E-state index contributed by atoms with van der Waals surface area (Å²) >= 11 is 0. The molecule has 0 saturated carbocycles. The molecule has 0 amide bonds. The molecular formula is C18H11F6N3O. The Kier molecular flexibility index (Phi) is 4.97. The molecule has 0 atom stereocenters. The molecule has 0 spiro atoms. The summed E-state index contributed by atoms with van der Waals surface area (Å²) in [6.45, 7) is 1.62. The Bertz CT molecular complexity index is 1030. The van der Waals surface area contributed by atoms with Crippen LogP contribution in [0.1, 0.15) is 23.7 Å². The van der Waals surface area contributed by atoms with Crippen LogP contribution in [0.2, 0.25) is 0 Å². The van der Waals surface area contributed by atoms with Crippen LogP contribution in [-0.4, -0.2) is 15.7 Å². The number of hydrogen-bond acceptors (Lipinski definition) is 4. The third-order valence-corrected chi connectivity index (χ3v) is 3.71. The minimum Gasteiger partial charge on any atom is -0.336 e. The summed E-state index contributed by atoms with van der Waals surface area (Å²) in [5.41, 5.74) is -2.75. The van der Waals surface area contributed by atoms with Crippen molar-refractivity contribution in [2.24, 2.45) is 5.16 Å². The predicted octanol–water partition coefficient (Wildman–Crippen LogP) is 5.47. The molecule has 2 heterocycles. The van der Waals surface area contributed by atoms with Gasteiger partial charge in [0.15, 0.2) is 5.65 Å². The molecule has 0 radical (unpaired) electrons. The number of fused-ring (bicyclic) bond motifs is 1. The van der Waals surface area contributed by atoms with Gasteiger partial charge in [0.05, 0.1) is 11.3 Å². The maximum absolute atomic E-state index is 13.2. The van der Waals surface area contributed by atoms with Crippen LogP contribution in [0, 0.1) is 0 Å². The van der Waals surface area contributed by atoms with Crippen molar-refractivity contribution in [1.29, 1.82) is 0 Å². The number of alkyl halides is 6. The second kappa shape index (κ2) is 7.10. The van der Waals surface area contributed by atoms with Crippen LogP contribution in [-0.2, 0) is 12.4 Å². The van der Waals surface area contributed by atoms with Crippen molar-refractivity contribution in [2.45, 2.75) is 19.3 Å². The molecule has 2 aromatic heterocycles. The Morgan fingerprint density at radius 2 is 1.57 bits per heavy atom. The number of benzene rings is 1. The molecule has 3 rings (SSSR count). The zero-order chi connectivity index (χ0) is 20.5. The highest BCUT2D eigenvalue weighted by atomic mass is 19.4. The number of aromatic nitrogens is 2. The first-order valence-electron chi connectivity index (χ1n) is 7.79. The highest BCUT2D eigenvalue weighted by Crippen LogP contribution is 2.38. The van der Waals surface area contributed by atoms with Crippen LogP contribution in [0.4, 0.5) is 26.3 Å². The van der Waals surface area contributed by atoms with Gasteiger partial charge < -0.3 is 4.84 Å². The van der Waals surface area contributed by atoms with Crippen LogP contribution in [0.5, 0.6) is 5.88 Å². The third-order valence-electron chi connectivity index (χ3n) is 3.71. The van der Waals surface area contributed by atoms with Crippen LogP contribution < -0.4 is 4.84 Å². The molecule has 3 aromatic rings. The zero-order valence-corrected chi connectivity index (χ0v) is 14.1. The summed E-state index contributed by atoms with van der Waals surface area (Å²) in [5.74, 6) is -0.289. The average molecular weight is 399 g/mol. The van der Waals surface area contributed by atoms with E-state index < -0.39 is 34.6 Å².